The molecule has 1 aliphatic carbocycles. The lowest BCUT2D eigenvalue weighted by Crippen LogP contribution is -2.54. The number of benzene rings is 1. The van der Waals surface area contributed by atoms with E-state index in [1.54, 1.807) is 31.1 Å². The van der Waals surface area contributed by atoms with Gasteiger partial charge in [-0.2, -0.15) is 13.2 Å². The summed E-state index contributed by atoms with van der Waals surface area (Å²) >= 11 is 0. The van der Waals surface area contributed by atoms with Gasteiger partial charge >= 0.3 is 6.18 Å². The number of hydrogen-bond donors (Lipinski definition) is 1. The SMILES string of the molecule is CN(C)c1cc(C2CCC3(CC2)CNC3)ccc1C(F)(F)F. The number of hydrogen-bond acceptors (Lipinski definition) is 2. The molecule has 2 aliphatic rings. The highest BCUT2D eigenvalue weighted by Gasteiger charge is 2.40. The first-order chi connectivity index (χ1) is 10.3. The van der Waals surface area contributed by atoms with Crippen LogP contribution in [-0.4, -0.2) is 27.2 Å². The highest BCUT2D eigenvalue weighted by atomic mass is 19.4. The minimum atomic E-state index is -4.30. The van der Waals surface area contributed by atoms with Crippen molar-refractivity contribution in [2.24, 2.45) is 5.41 Å². The van der Waals surface area contributed by atoms with Crippen molar-refractivity contribution in [3.05, 3.63) is 29.3 Å². The van der Waals surface area contributed by atoms with E-state index in [0.29, 0.717) is 11.3 Å². The average molecular weight is 312 g/mol. The minimum Gasteiger partial charge on any atom is -0.377 e. The van der Waals surface area contributed by atoms with Crippen LogP contribution in [0.3, 0.4) is 0 Å². The Morgan fingerprint density at radius 2 is 1.77 bits per heavy atom. The predicted molar refractivity (Wildman–Crippen MR) is 82.3 cm³/mol. The van der Waals surface area contributed by atoms with E-state index in [9.17, 15) is 13.2 Å². The molecule has 0 unspecified atom stereocenters. The Hall–Kier alpha value is -1.23. The van der Waals surface area contributed by atoms with Gasteiger partial charge in [-0.05, 0) is 54.7 Å². The van der Waals surface area contributed by atoms with Gasteiger partial charge in [0.05, 0.1) is 5.56 Å². The van der Waals surface area contributed by atoms with Crippen LogP contribution in [-0.2, 0) is 6.18 Å². The number of nitrogens with zero attached hydrogens (tertiary/aromatic N) is 1. The van der Waals surface area contributed by atoms with Gasteiger partial charge in [-0.25, -0.2) is 0 Å². The summed E-state index contributed by atoms with van der Waals surface area (Å²) in [5.74, 6) is 0.396. The molecule has 2 fully saturated rings. The first-order valence-electron chi connectivity index (χ1n) is 7.90. The second-order valence-electron chi connectivity index (χ2n) is 7.05. The van der Waals surface area contributed by atoms with Gasteiger partial charge in [0.1, 0.15) is 0 Å². The number of anilines is 1. The van der Waals surface area contributed by atoms with Crippen LogP contribution in [0, 0.1) is 5.41 Å². The van der Waals surface area contributed by atoms with Crippen LogP contribution < -0.4 is 10.2 Å². The normalized spacial score (nSPS) is 21.7. The Morgan fingerprint density at radius 1 is 1.14 bits per heavy atom. The van der Waals surface area contributed by atoms with E-state index in [1.165, 1.54) is 18.9 Å². The molecule has 1 aromatic rings. The molecule has 1 N–H and O–H groups in total. The zero-order valence-corrected chi connectivity index (χ0v) is 13.1. The Kier molecular flexibility index (Phi) is 3.87. The maximum absolute atomic E-state index is 13.1. The fraction of sp³-hybridized carbons (Fsp3) is 0.647. The second-order valence-corrected chi connectivity index (χ2v) is 7.05. The standard InChI is InChI=1S/C17H23F3N2/c1-22(2)15-9-13(3-4-14(15)17(18,19)20)12-5-7-16(8-6-12)10-21-11-16/h3-4,9,12,21H,5-8,10-11H2,1-2H3. The van der Waals surface area contributed by atoms with Crippen LogP contribution in [0.1, 0.15) is 42.7 Å². The predicted octanol–water partition coefficient (Wildman–Crippen LogP) is 4.02. The van der Waals surface area contributed by atoms with Crippen molar-refractivity contribution in [2.75, 3.05) is 32.1 Å². The monoisotopic (exact) mass is 312 g/mol. The van der Waals surface area contributed by atoms with Gasteiger partial charge in [-0.15, -0.1) is 0 Å². The zero-order chi connectivity index (χ0) is 16.0. The van der Waals surface area contributed by atoms with Crippen molar-refractivity contribution in [3.8, 4) is 0 Å². The molecular weight excluding hydrogens is 289 g/mol. The van der Waals surface area contributed by atoms with Crippen LogP contribution in [0.5, 0.6) is 0 Å². The Labute approximate surface area is 129 Å². The van der Waals surface area contributed by atoms with Crippen molar-refractivity contribution in [1.82, 2.24) is 5.32 Å². The highest BCUT2D eigenvalue weighted by Crippen LogP contribution is 2.46. The highest BCUT2D eigenvalue weighted by molar-refractivity contribution is 5.56. The van der Waals surface area contributed by atoms with Gasteiger partial charge in [0, 0.05) is 32.9 Å². The second kappa shape index (κ2) is 5.44. The van der Waals surface area contributed by atoms with E-state index in [1.807, 2.05) is 0 Å². The summed E-state index contributed by atoms with van der Waals surface area (Å²) in [7, 11) is 3.34. The maximum Gasteiger partial charge on any atom is 0.418 e. The van der Waals surface area contributed by atoms with Crippen molar-refractivity contribution < 1.29 is 13.2 Å². The Balaban J connectivity index is 1.81. The molecule has 1 aliphatic heterocycles. The number of halogens is 3. The van der Waals surface area contributed by atoms with Gasteiger partial charge in [0.15, 0.2) is 0 Å². The van der Waals surface area contributed by atoms with E-state index in [0.717, 1.165) is 31.5 Å². The molecule has 0 amide bonds. The molecule has 0 atom stereocenters. The van der Waals surface area contributed by atoms with E-state index in [-0.39, 0.29) is 5.69 Å². The molecule has 0 bridgehead atoms. The Bertz CT molecular complexity index is 537. The molecule has 3 rings (SSSR count). The summed E-state index contributed by atoms with van der Waals surface area (Å²) in [6, 6.07) is 4.67. The van der Waals surface area contributed by atoms with Crippen molar-refractivity contribution in [2.45, 2.75) is 37.8 Å². The molecule has 1 saturated heterocycles. The first-order valence-corrected chi connectivity index (χ1v) is 7.90. The smallest absolute Gasteiger partial charge is 0.377 e. The third kappa shape index (κ3) is 2.83. The lowest BCUT2D eigenvalue weighted by Gasteiger charge is -2.47. The summed E-state index contributed by atoms with van der Waals surface area (Å²) in [6.45, 7) is 2.21. The molecule has 122 valence electrons. The molecule has 1 saturated carbocycles. The van der Waals surface area contributed by atoms with E-state index in [2.05, 4.69) is 5.32 Å². The van der Waals surface area contributed by atoms with E-state index >= 15 is 0 Å². The van der Waals surface area contributed by atoms with E-state index in [4.69, 9.17) is 0 Å². The van der Waals surface area contributed by atoms with Crippen LogP contribution >= 0.6 is 0 Å². The van der Waals surface area contributed by atoms with Gasteiger partial charge < -0.3 is 10.2 Å². The number of nitrogens with one attached hydrogen (secondary N) is 1. The van der Waals surface area contributed by atoms with E-state index < -0.39 is 11.7 Å². The summed E-state index contributed by atoms with van der Waals surface area (Å²) in [5.41, 5.74) is 1.26. The van der Waals surface area contributed by atoms with Crippen LogP contribution in [0.2, 0.25) is 0 Å². The molecule has 1 heterocycles. The lowest BCUT2D eigenvalue weighted by molar-refractivity contribution is -0.137. The van der Waals surface area contributed by atoms with Crippen LogP contribution in [0.15, 0.2) is 18.2 Å². The fourth-order valence-electron chi connectivity index (χ4n) is 3.81. The molecule has 5 heteroatoms. The summed E-state index contributed by atoms with van der Waals surface area (Å²) in [5, 5.41) is 3.34. The third-order valence-corrected chi connectivity index (χ3v) is 5.33. The quantitative estimate of drug-likeness (QED) is 0.887. The fourth-order valence-corrected chi connectivity index (χ4v) is 3.81. The molecular formula is C17H23F3N2. The summed E-state index contributed by atoms with van der Waals surface area (Å²) < 4.78 is 39.3. The largest absolute Gasteiger partial charge is 0.418 e. The summed E-state index contributed by atoms with van der Waals surface area (Å²) in [4.78, 5) is 1.56. The van der Waals surface area contributed by atoms with Gasteiger partial charge in [-0.3, -0.25) is 0 Å². The number of alkyl halides is 3. The van der Waals surface area contributed by atoms with Crippen molar-refractivity contribution in [1.29, 1.82) is 0 Å². The molecule has 2 nitrogen and oxygen atoms in total. The van der Waals surface area contributed by atoms with Crippen LogP contribution in [0.25, 0.3) is 0 Å². The van der Waals surface area contributed by atoms with Crippen molar-refractivity contribution >= 4 is 5.69 Å². The van der Waals surface area contributed by atoms with Gasteiger partial charge in [-0.1, -0.05) is 6.07 Å². The third-order valence-electron chi connectivity index (χ3n) is 5.33. The zero-order valence-electron chi connectivity index (χ0n) is 13.1. The van der Waals surface area contributed by atoms with Gasteiger partial charge in [0.2, 0.25) is 0 Å². The molecule has 0 aromatic heterocycles. The van der Waals surface area contributed by atoms with Gasteiger partial charge in [0.25, 0.3) is 0 Å². The lowest BCUT2D eigenvalue weighted by atomic mass is 9.66. The summed E-state index contributed by atoms with van der Waals surface area (Å²) in [6.07, 6.45) is 0.234. The average Bonchev–Trinajstić information content (AvgIpc) is 2.44. The molecule has 1 aromatic carbocycles. The Morgan fingerprint density at radius 3 is 2.23 bits per heavy atom. The molecule has 22 heavy (non-hydrogen) atoms. The minimum absolute atomic E-state index is 0.274. The first kappa shape index (κ1) is 15.7. The molecule has 0 radical (unpaired) electrons. The van der Waals surface area contributed by atoms with Crippen LogP contribution in [0.4, 0.5) is 18.9 Å². The topological polar surface area (TPSA) is 15.3 Å². The molecule has 1 spiro atoms. The van der Waals surface area contributed by atoms with Crippen molar-refractivity contribution in [3.63, 3.8) is 0 Å². The maximum atomic E-state index is 13.1. The number of rotatable bonds is 2.